The molecule has 3 aromatic rings. The molecule has 0 bridgehead atoms. The smallest absolute Gasteiger partial charge is 0.422 e. The molecule has 1 saturated heterocycles. The predicted molar refractivity (Wildman–Crippen MR) is 136 cm³/mol. The molecule has 14 heteroatoms. The highest BCUT2D eigenvalue weighted by atomic mass is 19.4. The van der Waals surface area contributed by atoms with Gasteiger partial charge in [-0.25, -0.2) is 9.78 Å². The molecular formula is C25H30F3N7O4. The molecule has 0 aromatic carbocycles. The van der Waals surface area contributed by atoms with Gasteiger partial charge in [-0.1, -0.05) is 0 Å². The molecule has 210 valence electrons. The van der Waals surface area contributed by atoms with Crippen molar-refractivity contribution in [2.45, 2.75) is 52.4 Å². The highest BCUT2D eigenvalue weighted by molar-refractivity contribution is 6.05. The molecule has 0 spiro atoms. The summed E-state index contributed by atoms with van der Waals surface area (Å²) in [5, 5.41) is 10.8. The summed E-state index contributed by atoms with van der Waals surface area (Å²) >= 11 is 0. The summed E-state index contributed by atoms with van der Waals surface area (Å²) in [7, 11) is 0. The van der Waals surface area contributed by atoms with Gasteiger partial charge in [0.15, 0.2) is 18.2 Å². The lowest BCUT2D eigenvalue weighted by Gasteiger charge is -2.40. The molecule has 0 unspecified atom stereocenters. The number of rotatable bonds is 5. The maximum atomic E-state index is 13.0. The van der Waals surface area contributed by atoms with Crippen LogP contribution < -0.4 is 15.0 Å². The number of ether oxygens (including phenoxy) is 2. The van der Waals surface area contributed by atoms with Crippen LogP contribution >= 0.6 is 0 Å². The number of aryl methyl sites for hydroxylation is 1. The number of pyridine rings is 1. The standard InChI is InChI=1S/C25H30F3N7O4/c1-15-11-34-13-17(18(10-21(34)29-15)38-14-25(26,27)28)22(36)30-19-6-7-20(32-31-19)33-8-9-35(16(2)12-33)23(37)39-24(3,4)5/h6-7,10-11,13,16H,8-9,12,14H2,1-5H3,(H,30,31,36)/t16-/m0/s1. The Balaban J connectivity index is 1.44. The van der Waals surface area contributed by atoms with Crippen molar-refractivity contribution >= 4 is 29.3 Å². The van der Waals surface area contributed by atoms with E-state index in [0.717, 1.165) is 0 Å². The average molecular weight is 550 g/mol. The number of anilines is 2. The van der Waals surface area contributed by atoms with Gasteiger partial charge >= 0.3 is 12.3 Å². The zero-order valence-electron chi connectivity index (χ0n) is 22.2. The third-order valence-electron chi connectivity index (χ3n) is 5.78. The monoisotopic (exact) mass is 549 g/mol. The minimum Gasteiger partial charge on any atom is -0.483 e. The first-order valence-corrected chi connectivity index (χ1v) is 12.3. The molecule has 11 nitrogen and oxygen atoms in total. The van der Waals surface area contributed by atoms with Crippen molar-refractivity contribution in [1.82, 2.24) is 24.5 Å². The topological polar surface area (TPSA) is 114 Å². The minimum absolute atomic E-state index is 0.105. The molecular weight excluding hydrogens is 519 g/mol. The molecule has 2 amide bonds. The number of carbonyl (C=O) groups is 2. The van der Waals surface area contributed by atoms with Crippen molar-refractivity contribution in [1.29, 1.82) is 0 Å². The number of hydrogen-bond acceptors (Lipinski definition) is 8. The van der Waals surface area contributed by atoms with Crippen LogP contribution in [0.3, 0.4) is 0 Å². The third-order valence-corrected chi connectivity index (χ3v) is 5.78. The molecule has 1 aliphatic rings. The first kappa shape index (κ1) is 27.9. The maximum Gasteiger partial charge on any atom is 0.422 e. The van der Waals surface area contributed by atoms with E-state index in [-0.39, 0.29) is 29.3 Å². The van der Waals surface area contributed by atoms with E-state index in [1.807, 2.05) is 32.6 Å². The number of halogens is 3. The van der Waals surface area contributed by atoms with E-state index in [4.69, 9.17) is 9.47 Å². The Morgan fingerprint density at radius 1 is 1.13 bits per heavy atom. The zero-order valence-corrected chi connectivity index (χ0v) is 22.2. The largest absolute Gasteiger partial charge is 0.483 e. The quantitative estimate of drug-likeness (QED) is 0.507. The lowest BCUT2D eigenvalue weighted by atomic mass is 10.2. The van der Waals surface area contributed by atoms with Gasteiger partial charge in [0.2, 0.25) is 0 Å². The third kappa shape index (κ3) is 7.06. The van der Waals surface area contributed by atoms with E-state index in [1.165, 1.54) is 16.7 Å². The Morgan fingerprint density at radius 3 is 2.49 bits per heavy atom. The van der Waals surface area contributed by atoms with Gasteiger partial charge in [-0.2, -0.15) is 13.2 Å². The van der Waals surface area contributed by atoms with Gasteiger partial charge in [-0.3, -0.25) is 4.79 Å². The molecule has 1 fully saturated rings. The molecule has 4 heterocycles. The van der Waals surface area contributed by atoms with Crippen LogP contribution in [0.25, 0.3) is 5.65 Å². The highest BCUT2D eigenvalue weighted by Gasteiger charge is 2.32. The van der Waals surface area contributed by atoms with E-state index in [0.29, 0.717) is 36.8 Å². The van der Waals surface area contributed by atoms with Crippen molar-refractivity contribution < 1.29 is 32.2 Å². The number of carbonyl (C=O) groups excluding carboxylic acids is 2. The second-order valence-corrected chi connectivity index (χ2v) is 10.3. The number of imidazole rings is 1. The van der Waals surface area contributed by atoms with Gasteiger partial charge < -0.3 is 29.0 Å². The number of amides is 2. The Bertz CT molecular complexity index is 1350. The number of aromatic nitrogens is 4. The highest BCUT2D eigenvalue weighted by Crippen LogP contribution is 2.26. The fourth-order valence-electron chi connectivity index (χ4n) is 4.09. The van der Waals surface area contributed by atoms with Crippen molar-refractivity contribution in [2.75, 3.05) is 36.5 Å². The van der Waals surface area contributed by atoms with Crippen LogP contribution in [-0.2, 0) is 4.74 Å². The lowest BCUT2D eigenvalue weighted by molar-refractivity contribution is -0.153. The van der Waals surface area contributed by atoms with Crippen LogP contribution in [0.5, 0.6) is 5.75 Å². The second kappa shape index (κ2) is 10.6. The summed E-state index contributed by atoms with van der Waals surface area (Å²) in [6, 6.07) is 4.36. The summed E-state index contributed by atoms with van der Waals surface area (Å²) in [5.41, 5.74) is 0.250. The van der Waals surface area contributed by atoms with Gasteiger partial charge in [0, 0.05) is 44.1 Å². The Labute approximate surface area is 222 Å². The maximum absolute atomic E-state index is 13.0. The number of fused-ring (bicyclic) bond motifs is 1. The fraction of sp³-hybridized carbons (Fsp3) is 0.480. The summed E-state index contributed by atoms with van der Waals surface area (Å²) in [6.45, 7) is 8.97. The number of nitrogens with one attached hydrogen (secondary N) is 1. The zero-order chi connectivity index (χ0) is 28.5. The molecule has 0 radical (unpaired) electrons. The Morgan fingerprint density at radius 2 is 1.87 bits per heavy atom. The van der Waals surface area contributed by atoms with Gasteiger partial charge in [0.05, 0.1) is 11.3 Å². The Hall–Kier alpha value is -4.10. The normalized spacial score (nSPS) is 16.4. The SMILES string of the molecule is Cc1cn2cc(C(=O)Nc3ccc(N4CCN(C(=O)OC(C)(C)C)[C@@H](C)C4)nn3)c(OCC(F)(F)F)cc2n1. The lowest BCUT2D eigenvalue weighted by Crippen LogP contribution is -2.55. The van der Waals surface area contributed by atoms with Gasteiger partial charge in [0.1, 0.15) is 17.0 Å². The molecule has 1 N–H and O–H groups in total. The van der Waals surface area contributed by atoms with Crippen LogP contribution in [0.4, 0.5) is 29.6 Å². The van der Waals surface area contributed by atoms with E-state index < -0.39 is 24.3 Å². The van der Waals surface area contributed by atoms with E-state index in [9.17, 15) is 22.8 Å². The molecule has 0 aliphatic carbocycles. The van der Waals surface area contributed by atoms with Crippen molar-refractivity contribution in [3.63, 3.8) is 0 Å². The van der Waals surface area contributed by atoms with Crippen LogP contribution in [0.15, 0.2) is 30.6 Å². The minimum atomic E-state index is -4.58. The predicted octanol–water partition coefficient (Wildman–Crippen LogP) is 4.07. The van der Waals surface area contributed by atoms with Crippen LogP contribution in [0.2, 0.25) is 0 Å². The number of alkyl halides is 3. The molecule has 0 saturated carbocycles. The van der Waals surface area contributed by atoms with Gasteiger partial charge in [0.25, 0.3) is 5.91 Å². The first-order valence-electron chi connectivity index (χ1n) is 12.3. The van der Waals surface area contributed by atoms with Crippen LogP contribution in [0, 0.1) is 6.92 Å². The van der Waals surface area contributed by atoms with Crippen LogP contribution in [0.1, 0.15) is 43.7 Å². The summed E-state index contributed by atoms with van der Waals surface area (Å²) in [4.78, 5) is 33.3. The average Bonchev–Trinajstić information content (AvgIpc) is 3.19. The van der Waals surface area contributed by atoms with Crippen LogP contribution in [-0.4, -0.2) is 80.5 Å². The molecule has 4 rings (SSSR count). The number of hydrogen-bond donors (Lipinski definition) is 1. The van der Waals surface area contributed by atoms with E-state index >= 15 is 0 Å². The second-order valence-electron chi connectivity index (χ2n) is 10.3. The number of nitrogens with zero attached hydrogens (tertiary/aromatic N) is 6. The fourth-order valence-corrected chi connectivity index (χ4v) is 4.09. The summed E-state index contributed by atoms with van der Waals surface area (Å²) in [6.07, 6.45) is -1.97. The Kier molecular flexibility index (Phi) is 7.57. The first-order chi connectivity index (χ1) is 18.2. The summed E-state index contributed by atoms with van der Waals surface area (Å²) < 4.78 is 50.3. The van der Waals surface area contributed by atoms with E-state index in [2.05, 4.69) is 20.5 Å². The number of piperazine rings is 1. The molecule has 39 heavy (non-hydrogen) atoms. The van der Waals surface area contributed by atoms with E-state index in [1.54, 1.807) is 30.2 Å². The van der Waals surface area contributed by atoms with Gasteiger partial charge in [-0.15, -0.1) is 10.2 Å². The summed E-state index contributed by atoms with van der Waals surface area (Å²) in [5.74, 6) is -0.326. The van der Waals surface area contributed by atoms with Crippen molar-refractivity contribution in [2.24, 2.45) is 0 Å². The molecule has 1 atom stereocenters. The van der Waals surface area contributed by atoms with Gasteiger partial charge in [-0.05, 0) is 46.8 Å². The van der Waals surface area contributed by atoms with Crippen molar-refractivity contribution in [3.05, 3.63) is 41.9 Å². The molecule has 1 aliphatic heterocycles. The van der Waals surface area contributed by atoms with Crippen molar-refractivity contribution in [3.8, 4) is 5.75 Å². The molecule has 3 aromatic heterocycles.